The van der Waals surface area contributed by atoms with E-state index in [4.69, 9.17) is 5.11 Å². The lowest BCUT2D eigenvalue weighted by atomic mass is 9.80. The van der Waals surface area contributed by atoms with Crippen LogP contribution < -0.4 is 5.32 Å². The molecule has 0 saturated heterocycles. The number of carbonyl (C=O) groups is 2. The molecule has 0 aromatic carbocycles. The van der Waals surface area contributed by atoms with Gasteiger partial charge in [-0.1, -0.05) is 27.7 Å². The van der Waals surface area contributed by atoms with Crippen LogP contribution in [0, 0.1) is 11.3 Å². The SMILES string of the molecule is CC(CC(=O)N[C@H](C)C(=O)O)C(C)(C)C. The molecule has 15 heavy (non-hydrogen) atoms. The zero-order chi connectivity index (χ0) is 12.2. The summed E-state index contributed by atoms with van der Waals surface area (Å²) in [7, 11) is 0. The van der Waals surface area contributed by atoms with Gasteiger partial charge in [-0.05, 0) is 18.3 Å². The van der Waals surface area contributed by atoms with Crippen molar-refractivity contribution >= 4 is 11.9 Å². The average Bonchev–Trinajstić information content (AvgIpc) is 2.01. The van der Waals surface area contributed by atoms with Crippen molar-refractivity contribution in [3.63, 3.8) is 0 Å². The van der Waals surface area contributed by atoms with Gasteiger partial charge in [0.05, 0.1) is 0 Å². The highest BCUT2D eigenvalue weighted by Crippen LogP contribution is 2.27. The number of hydrogen-bond acceptors (Lipinski definition) is 2. The van der Waals surface area contributed by atoms with Crippen molar-refractivity contribution in [3.8, 4) is 0 Å². The van der Waals surface area contributed by atoms with Crippen molar-refractivity contribution < 1.29 is 14.7 Å². The molecule has 4 nitrogen and oxygen atoms in total. The van der Waals surface area contributed by atoms with E-state index in [1.165, 1.54) is 6.92 Å². The van der Waals surface area contributed by atoms with Gasteiger partial charge in [-0.2, -0.15) is 0 Å². The number of hydrogen-bond donors (Lipinski definition) is 2. The van der Waals surface area contributed by atoms with Gasteiger partial charge in [-0.25, -0.2) is 0 Å². The second-order valence-corrected chi connectivity index (χ2v) is 5.10. The summed E-state index contributed by atoms with van der Waals surface area (Å²) in [5, 5.41) is 11.1. The first-order valence-electron chi connectivity index (χ1n) is 5.16. The van der Waals surface area contributed by atoms with Crippen LogP contribution in [0.5, 0.6) is 0 Å². The fourth-order valence-corrected chi connectivity index (χ4v) is 0.946. The monoisotopic (exact) mass is 215 g/mol. The lowest BCUT2D eigenvalue weighted by Crippen LogP contribution is -2.39. The van der Waals surface area contributed by atoms with Crippen LogP contribution in [-0.2, 0) is 9.59 Å². The number of carbonyl (C=O) groups excluding carboxylic acids is 1. The zero-order valence-corrected chi connectivity index (χ0v) is 10.1. The number of nitrogens with one attached hydrogen (secondary N) is 1. The highest BCUT2D eigenvalue weighted by Gasteiger charge is 2.23. The third kappa shape index (κ3) is 5.40. The zero-order valence-electron chi connectivity index (χ0n) is 10.1. The molecule has 4 heteroatoms. The molecule has 0 rings (SSSR count). The van der Waals surface area contributed by atoms with Crippen LogP contribution in [0.3, 0.4) is 0 Å². The number of amides is 1. The summed E-state index contributed by atoms with van der Waals surface area (Å²) in [5.74, 6) is -0.988. The second kappa shape index (κ2) is 5.14. The molecule has 0 aliphatic heterocycles. The first kappa shape index (κ1) is 13.9. The number of aliphatic carboxylic acids is 1. The number of carboxylic acids is 1. The highest BCUT2D eigenvalue weighted by atomic mass is 16.4. The van der Waals surface area contributed by atoms with Gasteiger partial charge >= 0.3 is 5.97 Å². The Labute approximate surface area is 91.1 Å². The van der Waals surface area contributed by atoms with Gasteiger partial charge in [-0.3, -0.25) is 9.59 Å². The molecule has 0 aliphatic carbocycles. The Kier molecular flexibility index (Phi) is 4.78. The summed E-state index contributed by atoms with van der Waals surface area (Å²) in [6.45, 7) is 9.63. The van der Waals surface area contributed by atoms with Crippen molar-refractivity contribution in [2.45, 2.75) is 47.1 Å². The third-order valence-electron chi connectivity index (χ3n) is 2.72. The fourth-order valence-electron chi connectivity index (χ4n) is 0.946. The molecule has 0 bridgehead atoms. The van der Waals surface area contributed by atoms with Gasteiger partial charge in [-0.15, -0.1) is 0 Å². The van der Waals surface area contributed by atoms with Crippen molar-refractivity contribution in [1.29, 1.82) is 0 Å². The molecule has 1 amide bonds. The number of carboxylic acid groups (broad SMARTS) is 1. The van der Waals surface area contributed by atoms with Gasteiger partial charge in [0.25, 0.3) is 0 Å². The van der Waals surface area contributed by atoms with E-state index in [2.05, 4.69) is 26.1 Å². The maximum Gasteiger partial charge on any atom is 0.325 e. The molecule has 0 saturated carbocycles. The third-order valence-corrected chi connectivity index (χ3v) is 2.72. The Morgan fingerprint density at radius 3 is 2.07 bits per heavy atom. The molecule has 88 valence electrons. The van der Waals surface area contributed by atoms with Gasteiger partial charge < -0.3 is 10.4 Å². The summed E-state index contributed by atoms with van der Waals surface area (Å²) >= 11 is 0. The topological polar surface area (TPSA) is 66.4 Å². The van der Waals surface area contributed by atoms with E-state index in [1.54, 1.807) is 0 Å². The van der Waals surface area contributed by atoms with Crippen molar-refractivity contribution in [3.05, 3.63) is 0 Å². The molecule has 0 spiro atoms. The van der Waals surface area contributed by atoms with Crippen molar-refractivity contribution in [2.24, 2.45) is 11.3 Å². The van der Waals surface area contributed by atoms with Crippen molar-refractivity contribution in [2.75, 3.05) is 0 Å². The molecular weight excluding hydrogens is 194 g/mol. The normalized spacial score (nSPS) is 15.5. The van der Waals surface area contributed by atoms with E-state index in [0.29, 0.717) is 6.42 Å². The average molecular weight is 215 g/mol. The fraction of sp³-hybridized carbons (Fsp3) is 0.818. The summed E-state index contributed by atoms with van der Waals surface area (Å²) in [4.78, 5) is 21.9. The minimum absolute atomic E-state index is 0.0593. The first-order chi connectivity index (χ1) is 6.64. The Balaban J connectivity index is 4.11. The van der Waals surface area contributed by atoms with Gasteiger partial charge in [0.1, 0.15) is 6.04 Å². The van der Waals surface area contributed by atoms with Crippen LogP contribution in [0.25, 0.3) is 0 Å². The highest BCUT2D eigenvalue weighted by molar-refractivity contribution is 5.83. The smallest absolute Gasteiger partial charge is 0.325 e. The summed E-state index contributed by atoms with van der Waals surface area (Å²) < 4.78 is 0. The van der Waals surface area contributed by atoms with Crippen LogP contribution in [0.2, 0.25) is 0 Å². The standard InChI is InChI=1S/C11H21NO3/c1-7(11(3,4)5)6-9(13)12-8(2)10(14)15/h7-8H,6H2,1-5H3,(H,12,13)(H,14,15)/t7?,8-/m1/s1. The molecule has 2 atom stereocenters. The molecule has 1 unspecified atom stereocenters. The molecule has 0 aromatic rings. The molecule has 0 radical (unpaired) electrons. The van der Waals surface area contributed by atoms with Crippen LogP contribution in [0.15, 0.2) is 0 Å². The van der Waals surface area contributed by atoms with Crippen LogP contribution >= 0.6 is 0 Å². The van der Waals surface area contributed by atoms with E-state index < -0.39 is 12.0 Å². The van der Waals surface area contributed by atoms with Crippen molar-refractivity contribution in [1.82, 2.24) is 5.32 Å². The Morgan fingerprint density at radius 1 is 1.27 bits per heavy atom. The van der Waals surface area contributed by atoms with E-state index in [9.17, 15) is 9.59 Å². The molecular formula is C11H21NO3. The quantitative estimate of drug-likeness (QED) is 0.749. The van der Waals surface area contributed by atoms with E-state index >= 15 is 0 Å². The predicted molar refractivity (Wildman–Crippen MR) is 58.5 cm³/mol. The number of rotatable bonds is 4. The van der Waals surface area contributed by atoms with Crippen LogP contribution in [-0.4, -0.2) is 23.0 Å². The lowest BCUT2D eigenvalue weighted by Gasteiger charge is -2.26. The van der Waals surface area contributed by atoms with Gasteiger partial charge in [0, 0.05) is 6.42 Å². The largest absolute Gasteiger partial charge is 0.480 e. The molecule has 2 N–H and O–H groups in total. The molecule has 0 heterocycles. The second-order valence-electron chi connectivity index (χ2n) is 5.10. The predicted octanol–water partition coefficient (Wildman–Crippen LogP) is 1.65. The maximum atomic E-state index is 11.4. The van der Waals surface area contributed by atoms with E-state index in [0.717, 1.165) is 0 Å². The first-order valence-corrected chi connectivity index (χ1v) is 5.16. The van der Waals surface area contributed by atoms with Crippen LogP contribution in [0.4, 0.5) is 0 Å². The summed E-state index contributed by atoms with van der Waals surface area (Å²) in [6, 6.07) is -0.815. The Hall–Kier alpha value is -1.06. The Morgan fingerprint density at radius 2 is 1.73 bits per heavy atom. The van der Waals surface area contributed by atoms with Crippen LogP contribution in [0.1, 0.15) is 41.0 Å². The molecule has 0 fully saturated rings. The van der Waals surface area contributed by atoms with Gasteiger partial charge in [0.2, 0.25) is 5.91 Å². The minimum Gasteiger partial charge on any atom is -0.480 e. The lowest BCUT2D eigenvalue weighted by molar-refractivity contribution is -0.141. The molecule has 0 aliphatic rings. The summed E-state index contributed by atoms with van der Waals surface area (Å²) in [5.41, 5.74) is 0.0593. The van der Waals surface area contributed by atoms with Gasteiger partial charge in [0.15, 0.2) is 0 Å². The Bertz CT molecular complexity index is 243. The molecule has 0 aromatic heterocycles. The van der Waals surface area contributed by atoms with E-state index in [1.807, 2.05) is 6.92 Å². The maximum absolute atomic E-state index is 11.4. The van der Waals surface area contributed by atoms with E-state index in [-0.39, 0.29) is 17.2 Å². The minimum atomic E-state index is -1.01. The summed E-state index contributed by atoms with van der Waals surface area (Å²) in [6.07, 6.45) is 0.362.